The molecular formula is C12H22O12. The minimum atomic E-state index is -1.79. The summed E-state index contributed by atoms with van der Waals surface area (Å²) in [6, 6.07) is 0. The maximum atomic E-state index is 10.7. The molecule has 1 aliphatic heterocycles. The van der Waals surface area contributed by atoms with Gasteiger partial charge in [-0.2, -0.15) is 0 Å². The van der Waals surface area contributed by atoms with E-state index in [1.54, 1.807) is 0 Å². The van der Waals surface area contributed by atoms with Gasteiger partial charge in [-0.15, -0.1) is 0 Å². The van der Waals surface area contributed by atoms with Gasteiger partial charge >= 0.3 is 5.97 Å². The predicted molar refractivity (Wildman–Crippen MR) is 72.2 cm³/mol. The van der Waals surface area contributed by atoms with Gasteiger partial charge in [0.15, 0.2) is 18.5 Å². The van der Waals surface area contributed by atoms with Crippen molar-refractivity contribution in [1.82, 2.24) is 0 Å². The van der Waals surface area contributed by atoms with Gasteiger partial charge in [0.2, 0.25) is 0 Å². The molecule has 0 saturated carbocycles. The summed E-state index contributed by atoms with van der Waals surface area (Å²) in [4.78, 5) is 20.6. The molecule has 0 amide bonds. The summed E-state index contributed by atoms with van der Waals surface area (Å²) in [5, 5.41) is 79.0. The van der Waals surface area contributed by atoms with E-state index in [9.17, 15) is 9.59 Å². The average Bonchev–Trinajstić information content (AvgIpc) is 2.60. The first-order valence-electron chi connectivity index (χ1n) is 6.76. The van der Waals surface area contributed by atoms with E-state index in [0.717, 1.165) is 0 Å². The molecule has 0 aromatic heterocycles. The van der Waals surface area contributed by atoms with Gasteiger partial charge in [-0.1, -0.05) is 0 Å². The van der Waals surface area contributed by atoms with Crippen molar-refractivity contribution in [1.29, 1.82) is 0 Å². The molecule has 24 heavy (non-hydrogen) atoms. The zero-order valence-electron chi connectivity index (χ0n) is 12.4. The van der Waals surface area contributed by atoms with Gasteiger partial charge in [0.1, 0.15) is 36.6 Å². The van der Waals surface area contributed by atoms with Crippen LogP contribution in [0.2, 0.25) is 0 Å². The maximum absolute atomic E-state index is 10.7. The molecule has 1 heterocycles. The summed E-state index contributed by atoms with van der Waals surface area (Å²) < 4.78 is 4.38. The number of aldehydes is 1. The normalized spacial score (nSPS) is 31.8. The third-order valence-electron chi connectivity index (χ3n) is 3.16. The van der Waals surface area contributed by atoms with Crippen molar-refractivity contribution in [2.45, 2.75) is 48.8 Å². The van der Waals surface area contributed by atoms with Gasteiger partial charge in [0.25, 0.3) is 0 Å². The molecule has 0 bridgehead atoms. The minimum absolute atomic E-state index is 0.0258. The highest BCUT2D eigenvalue weighted by Crippen LogP contribution is 2.15. The summed E-state index contributed by atoms with van der Waals surface area (Å²) in [6.07, 6.45) is -12.8. The van der Waals surface area contributed by atoms with Crippen molar-refractivity contribution in [3.8, 4) is 0 Å². The van der Waals surface area contributed by atoms with Crippen LogP contribution in [0.15, 0.2) is 0 Å². The number of cyclic esters (lactones) is 1. The van der Waals surface area contributed by atoms with E-state index in [1.165, 1.54) is 0 Å². The van der Waals surface area contributed by atoms with Crippen molar-refractivity contribution in [2.24, 2.45) is 0 Å². The van der Waals surface area contributed by atoms with Crippen LogP contribution in [0.4, 0.5) is 0 Å². The average molecular weight is 358 g/mol. The molecule has 1 fully saturated rings. The van der Waals surface area contributed by atoms with Gasteiger partial charge < -0.3 is 55.5 Å². The molecule has 1 aliphatic rings. The summed E-state index contributed by atoms with van der Waals surface area (Å²) >= 11 is 0. The Kier molecular flexibility index (Phi) is 10.1. The molecule has 9 N–H and O–H groups in total. The number of esters is 1. The molecule has 0 aromatic carbocycles. The van der Waals surface area contributed by atoms with Crippen molar-refractivity contribution in [3.63, 3.8) is 0 Å². The molecule has 1 saturated heterocycles. The van der Waals surface area contributed by atoms with Crippen LogP contribution in [-0.2, 0) is 14.3 Å². The Labute approximate surface area is 135 Å². The standard InChI is InChI=1S/C6H10O6.C6H12O6/c7-1-2-3(8)4(9)5(10)6(11)12-2;7-1-3(9)5(11)6(12)4(10)2-8/h2-5,7-10H,1H2;1,3-6,8-12H,2H2/t2-,3-,4+,5-;3-,4+,5+,6+/m10/s1. The lowest BCUT2D eigenvalue weighted by atomic mass is 10.0. The van der Waals surface area contributed by atoms with Crippen molar-refractivity contribution < 1.29 is 60.3 Å². The van der Waals surface area contributed by atoms with Gasteiger partial charge in [-0.25, -0.2) is 4.79 Å². The second-order valence-electron chi connectivity index (χ2n) is 4.94. The number of aliphatic hydroxyl groups is 9. The first kappa shape index (κ1) is 22.8. The topological polar surface area (TPSA) is 225 Å². The van der Waals surface area contributed by atoms with Crippen molar-refractivity contribution >= 4 is 12.3 Å². The highest BCUT2D eigenvalue weighted by molar-refractivity contribution is 5.76. The van der Waals surface area contributed by atoms with Crippen LogP contribution in [0.25, 0.3) is 0 Å². The highest BCUT2D eigenvalue weighted by Gasteiger charge is 2.43. The number of hydrogen-bond donors (Lipinski definition) is 9. The quantitative estimate of drug-likeness (QED) is 0.159. The second kappa shape index (κ2) is 10.6. The number of hydrogen-bond acceptors (Lipinski definition) is 12. The summed E-state index contributed by atoms with van der Waals surface area (Å²) in [5.41, 5.74) is 0. The molecule has 142 valence electrons. The van der Waals surface area contributed by atoms with E-state index in [4.69, 9.17) is 46.0 Å². The van der Waals surface area contributed by atoms with Gasteiger partial charge in [0, 0.05) is 0 Å². The first-order valence-corrected chi connectivity index (χ1v) is 6.76. The summed E-state index contributed by atoms with van der Waals surface area (Å²) in [6.45, 7) is -1.35. The fourth-order valence-electron chi connectivity index (χ4n) is 1.60. The van der Waals surface area contributed by atoms with E-state index in [-0.39, 0.29) is 6.29 Å². The zero-order valence-corrected chi connectivity index (χ0v) is 12.4. The first-order chi connectivity index (χ1) is 11.1. The molecule has 8 atom stereocenters. The van der Waals surface area contributed by atoms with Crippen LogP contribution >= 0.6 is 0 Å². The van der Waals surface area contributed by atoms with Crippen molar-refractivity contribution in [3.05, 3.63) is 0 Å². The SMILES string of the molecule is O=C1O[C@H](CO)[C@@H](O)[C@H](O)[C@H]1O.O=C[C@H](O)[C@@H](O)[C@H](O)[C@H](O)CO. The molecule has 12 nitrogen and oxygen atoms in total. The predicted octanol–water partition coefficient (Wildman–Crippen LogP) is -6.39. The van der Waals surface area contributed by atoms with Crippen LogP contribution in [0.3, 0.4) is 0 Å². The molecule has 0 unspecified atom stereocenters. The molecule has 12 heteroatoms. The van der Waals surface area contributed by atoms with E-state index >= 15 is 0 Å². The lowest BCUT2D eigenvalue weighted by Crippen LogP contribution is -2.56. The largest absolute Gasteiger partial charge is 0.455 e. The molecule has 0 spiro atoms. The Morgan fingerprint density at radius 1 is 1.00 bits per heavy atom. The minimum Gasteiger partial charge on any atom is -0.455 e. The Morgan fingerprint density at radius 2 is 1.54 bits per heavy atom. The molecular weight excluding hydrogens is 336 g/mol. The van der Waals surface area contributed by atoms with Crippen LogP contribution in [-0.4, -0.2) is 120 Å². The molecule has 0 aromatic rings. The molecule has 0 aliphatic carbocycles. The third-order valence-corrected chi connectivity index (χ3v) is 3.16. The second-order valence-corrected chi connectivity index (χ2v) is 4.94. The molecule has 1 rings (SSSR count). The fraction of sp³-hybridized carbons (Fsp3) is 0.833. The summed E-state index contributed by atoms with van der Waals surface area (Å²) in [7, 11) is 0. The van der Waals surface area contributed by atoms with Crippen LogP contribution in [0, 0.1) is 0 Å². The number of rotatable bonds is 6. The third kappa shape index (κ3) is 6.01. The highest BCUT2D eigenvalue weighted by atomic mass is 16.6. The van der Waals surface area contributed by atoms with E-state index in [2.05, 4.69) is 4.74 Å². The number of carbonyl (C=O) groups is 2. The van der Waals surface area contributed by atoms with Gasteiger partial charge in [-0.05, 0) is 0 Å². The number of ether oxygens (including phenoxy) is 1. The van der Waals surface area contributed by atoms with E-state index in [0.29, 0.717) is 0 Å². The van der Waals surface area contributed by atoms with Crippen LogP contribution < -0.4 is 0 Å². The summed E-state index contributed by atoms with van der Waals surface area (Å²) in [5.74, 6) is -1.04. The Hall–Kier alpha value is -1.22. The lowest BCUT2D eigenvalue weighted by Gasteiger charge is -2.32. The number of aliphatic hydroxyl groups excluding tert-OH is 9. The number of carbonyl (C=O) groups excluding carboxylic acids is 2. The van der Waals surface area contributed by atoms with E-state index in [1.807, 2.05) is 0 Å². The lowest BCUT2D eigenvalue weighted by molar-refractivity contribution is -0.206. The maximum Gasteiger partial charge on any atom is 0.338 e. The van der Waals surface area contributed by atoms with Crippen LogP contribution in [0.5, 0.6) is 0 Å². The Morgan fingerprint density at radius 3 is 1.96 bits per heavy atom. The van der Waals surface area contributed by atoms with Gasteiger partial charge in [-0.3, -0.25) is 0 Å². The van der Waals surface area contributed by atoms with E-state index < -0.39 is 68.0 Å². The smallest absolute Gasteiger partial charge is 0.338 e. The van der Waals surface area contributed by atoms with Gasteiger partial charge in [0.05, 0.1) is 13.2 Å². The monoisotopic (exact) mass is 358 g/mol. The van der Waals surface area contributed by atoms with Crippen molar-refractivity contribution in [2.75, 3.05) is 13.2 Å². The fourth-order valence-corrected chi connectivity index (χ4v) is 1.60. The Balaban J connectivity index is 0.000000441. The van der Waals surface area contributed by atoms with Crippen LogP contribution in [0.1, 0.15) is 0 Å². The Bertz CT molecular complexity index is 383. The molecule has 0 radical (unpaired) electrons. The zero-order chi connectivity index (χ0) is 19.0.